The number of hydrogen-bond acceptors (Lipinski definition) is 8. The predicted molar refractivity (Wildman–Crippen MR) is 161 cm³/mol. The molecule has 1 saturated heterocycles. The van der Waals surface area contributed by atoms with Crippen molar-refractivity contribution >= 4 is 33.8 Å². The highest BCUT2D eigenvalue weighted by Crippen LogP contribution is 2.47. The highest BCUT2D eigenvalue weighted by Gasteiger charge is 2.63. The number of alkyl carbamates (subject to hydrolysis) is 1. The fourth-order valence-electron chi connectivity index (χ4n) is 5.56. The minimum absolute atomic E-state index is 0.0556. The van der Waals surface area contributed by atoms with E-state index in [-0.39, 0.29) is 38.1 Å². The number of carbonyl (C=O) groups is 4. The summed E-state index contributed by atoms with van der Waals surface area (Å²) in [6, 6.07) is -2.28. The van der Waals surface area contributed by atoms with Crippen molar-refractivity contribution in [2.45, 2.75) is 113 Å². The zero-order chi connectivity index (χ0) is 33.1. The SMILES string of the molecule is C=CCCCC[C@@H](C)[C@H](NC(=O)OC(C)(C)C)C(=O)N1C[C@H](O)C[C@H]1C(=O)N[C@]1(C(=O)NS(=O)(=O)C2(CF)CC2)C[C@H]1C=C. The predicted octanol–water partition coefficient (Wildman–Crippen LogP) is 2.23. The van der Waals surface area contributed by atoms with Gasteiger partial charge in [0.15, 0.2) is 0 Å². The van der Waals surface area contributed by atoms with Crippen LogP contribution in [-0.2, 0) is 29.1 Å². The number of halogens is 1. The number of sulfonamides is 1. The molecule has 0 unspecified atom stereocenters. The Morgan fingerprint density at radius 2 is 1.84 bits per heavy atom. The molecule has 0 aromatic heterocycles. The topological polar surface area (TPSA) is 171 Å². The molecule has 0 aromatic rings. The first-order valence-electron chi connectivity index (χ1n) is 15.1. The normalized spacial score (nSPS) is 27.0. The van der Waals surface area contributed by atoms with Crippen LogP contribution in [0, 0.1) is 11.8 Å². The smallest absolute Gasteiger partial charge is 0.408 e. The van der Waals surface area contributed by atoms with Crippen molar-refractivity contribution in [1.29, 1.82) is 0 Å². The van der Waals surface area contributed by atoms with Gasteiger partial charge in [-0.2, -0.15) is 0 Å². The molecular weight excluding hydrogens is 595 g/mol. The van der Waals surface area contributed by atoms with Crippen LogP contribution in [0.1, 0.15) is 79.1 Å². The van der Waals surface area contributed by atoms with Gasteiger partial charge in [0, 0.05) is 18.9 Å². The molecule has 44 heavy (non-hydrogen) atoms. The van der Waals surface area contributed by atoms with Gasteiger partial charge >= 0.3 is 6.09 Å². The number of likely N-dealkylation sites (tertiary alicyclic amines) is 1. The lowest BCUT2D eigenvalue weighted by atomic mass is 9.94. The van der Waals surface area contributed by atoms with Gasteiger partial charge in [0.05, 0.1) is 6.10 Å². The first kappa shape index (κ1) is 35.5. The van der Waals surface area contributed by atoms with Gasteiger partial charge in [-0.3, -0.25) is 19.1 Å². The Balaban J connectivity index is 1.80. The lowest BCUT2D eigenvalue weighted by molar-refractivity contribution is -0.142. The second-order valence-electron chi connectivity index (χ2n) is 13.3. The number of ether oxygens (including phenoxy) is 1. The second-order valence-corrected chi connectivity index (χ2v) is 15.4. The average molecular weight is 643 g/mol. The van der Waals surface area contributed by atoms with E-state index >= 15 is 0 Å². The summed E-state index contributed by atoms with van der Waals surface area (Å²) in [4.78, 5) is 54.7. The summed E-state index contributed by atoms with van der Waals surface area (Å²) >= 11 is 0. The molecule has 3 aliphatic rings. The summed E-state index contributed by atoms with van der Waals surface area (Å²) in [5, 5.41) is 15.8. The van der Waals surface area contributed by atoms with E-state index in [4.69, 9.17) is 4.74 Å². The van der Waals surface area contributed by atoms with Crippen LogP contribution >= 0.6 is 0 Å². The van der Waals surface area contributed by atoms with Crippen LogP contribution in [0.3, 0.4) is 0 Å². The van der Waals surface area contributed by atoms with Crippen LogP contribution in [0.5, 0.6) is 0 Å². The van der Waals surface area contributed by atoms with Gasteiger partial charge in [0.2, 0.25) is 21.8 Å². The number of alkyl halides is 1. The van der Waals surface area contributed by atoms with E-state index in [1.807, 2.05) is 4.72 Å². The number of aliphatic hydroxyl groups is 1. The largest absolute Gasteiger partial charge is 0.444 e. The number of aliphatic hydroxyl groups excluding tert-OH is 1. The monoisotopic (exact) mass is 642 g/mol. The van der Waals surface area contributed by atoms with E-state index in [2.05, 4.69) is 23.8 Å². The minimum atomic E-state index is -4.34. The maximum atomic E-state index is 13.9. The standard InChI is InChI=1S/C30H47FN4O8S/c1-7-9-10-11-12-19(3)23(32-27(40)43-28(4,5)6)25(38)35-17-21(36)15-22(35)24(37)33-30(16-20(30)8-2)26(39)34-44(41,42)29(18-31)13-14-29/h7-8,19-23,36H,1-2,9-18H2,3-6H3,(H,32,40)(H,33,37)(H,34,39)/t19-,20-,21-,22+,23+,30-/m1/s1. The molecule has 0 spiro atoms. The Morgan fingerprint density at radius 3 is 2.36 bits per heavy atom. The van der Waals surface area contributed by atoms with Crippen molar-refractivity contribution < 1.29 is 41.8 Å². The molecule has 4 amide bonds. The molecule has 14 heteroatoms. The zero-order valence-electron chi connectivity index (χ0n) is 26.1. The Morgan fingerprint density at radius 1 is 1.18 bits per heavy atom. The van der Waals surface area contributed by atoms with E-state index in [9.17, 15) is 37.1 Å². The van der Waals surface area contributed by atoms with Crippen LogP contribution < -0.4 is 15.4 Å². The van der Waals surface area contributed by atoms with E-state index < -0.39 is 80.5 Å². The van der Waals surface area contributed by atoms with Gasteiger partial charge in [0.25, 0.3) is 5.91 Å². The molecule has 3 fully saturated rings. The Bertz CT molecular complexity index is 1250. The summed E-state index contributed by atoms with van der Waals surface area (Å²) in [5.74, 6) is -3.34. The highest BCUT2D eigenvalue weighted by atomic mass is 32.2. The first-order chi connectivity index (χ1) is 20.5. The second kappa shape index (κ2) is 13.6. The number of unbranched alkanes of at least 4 members (excludes halogenated alkanes) is 2. The number of hydrogen-bond donors (Lipinski definition) is 4. The van der Waals surface area contributed by atoms with Crippen molar-refractivity contribution in [1.82, 2.24) is 20.3 Å². The van der Waals surface area contributed by atoms with Gasteiger partial charge < -0.3 is 25.4 Å². The lowest BCUT2D eigenvalue weighted by Crippen LogP contribution is -2.59. The van der Waals surface area contributed by atoms with Crippen LogP contribution in [0.2, 0.25) is 0 Å². The van der Waals surface area contributed by atoms with E-state index in [0.717, 1.165) is 19.3 Å². The molecular formula is C30H47FN4O8S. The molecule has 4 N–H and O–H groups in total. The van der Waals surface area contributed by atoms with Crippen molar-refractivity contribution in [3.05, 3.63) is 25.3 Å². The summed E-state index contributed by atoms with van der Waals surface area (Å²) in [6.07, 6.45) is 4.40. The lowest BCUT2D eigenvalue weighted by Gasteiger charge is -2.33. The van der Waals surface area contributed by atoms with Crippen molar-refractivity contribution in [3.8, 4) is 0 Å². The number of rotatable bonds is 15. The Hall–Kier alpha value is -3.00. The average Bonchev–Trinajstić information content (AvgIpc) is 3.84. The summed E-state index contributed by atoms with van der Waals surface area (Å²) < 4.78 is 44.6. The number of nitrogens with one attached hydrogen (secondary N) is 3. The van der Waals surface area contributed by atoms with E-state index in [1.54, 1.807) is 33.8 Å². The van der Waals surface area contributed by atoms with Crippen LogP contribution in [-0.4, -0.2) is 89.5 Å². The summed E-state index contributed by atoms with van der Waals surface area (Å²) in [7, 11) is -4.34. The first-order valence-corrected chi connectivity index (χ1v) is 16.6. The molecule has 1 heterocycles. The van der Waals surface area contributed by atoms with Crippen molar-refractivity contribution in [2.75, 3.05) is 13.2 Å². The highest BCUT2D eigenvalue weighted by molar-refractivity contribution is 7.91. The van der Waals surface area contributed by atoms with Gasteiger partial charge in [-0.15, -0.1) is 13.2 Å². The molecule has 2 aliphatic carbocycles. The van der Waals surface area contributed by atoms with Gasteiger partial charge in [-0.05, 0) is 65.2 Å². The molecule has 0 aromatic carbocycles. The molecule has 6 atom stereocenters. The maximum absolute atomic E-state index is 13.9. The summed E-state index contributed by atoms with van der Waals surface area (Å²) in [6.45, 7) is 12.9. The fraction of sp³-hybridized carbons (Fsp3) is 0.733. The number of allylic oxidation sites excluding steroid dienone is 1. The van der Waals surface area contributed by atoms with Crippen LogP contribution in [0.15, 0.2) is 25.3 Å². The fourth-order valence-corrected chi connectivity index (χ4v) is 6.99. The van der Waals surface area contributed by atoms with E-state index in [0.29, 0.717) is 6.42 Å². The molecule has 12 nitrogen and oxygen atoms in total. The third-order valence-corrected chi connectivity index (χ3v) is 10.7. The van der Waals surface area contributed by atoms with Crippen LogP contribution in [0.4, 0.5) is 9.18 Å². The molecule has 248 valence electrons. The molecule has 0 bridgehead atoms. The van der Waals surface area contributed by atoms with Gasteiger partial charge in [-0.25, -0.2) is 17.6 Å². The zero-order valence-corrected chi connectivity index (χ0v) is 26.9. The van der Waals surface area contributed by atoms with E-state index in [1.165, 1.54) is 11.0 Å². The number of carbonyl (C=O) groups excluding carboxylic acids is 4. The third-order valence-electron chi connectivity index (χ3n) is 8.59. The number of amides is 4. The number of β-amino-alcohol motifs (C(OH)–C–C–N with tert-alkyl or cyclic N) is 1. The third kappa shape index (κ3) is 7.98. The Labute approximate surface area is 259 Å². The molecule has 1 aliphatic heterocycles. The van der Waals surface area contributed by atoms with Gasteiger partial charge in [-0.1, -0.05) is 25.5 Å². The maximum Gasteiger partial charge on any atom is 0.408 e. The minimum Gasteiger partial charge on any atom is -0.444 e. The molecule has 0 radical (unpaired) electrons. The van der Waals surface area contributed by atoms with Crippen molar-refractivity contribution in [2.24, 2.45) is 11.8 Å². The quantitative estimate of drug-likeness (QED) is 0.156. The molecule has 2 saturated carbocycles. The summed E-state index contributed by atoms with van der Waals surface area (Å²) in [5.41, 5.74) is -2.48. The number of nitrogens with zero attached hydrogens (tertiary/aromatic N) is 1. The van der Waals surface area contributed by atoms with Crippen LogP contribution in [0.25, 0.3) is 0 Å². The molecule has 3 rings (SSSR count). The van der Waals surface area contributed by atoms with Gasteiger partial charge in [0.1, 0.15) is 34.6 Å². The van der Waals surface area contributed by atoms with Crippen molar-refractivity contribution in [3.63, 3.8) is 0 Å². The Kier molecular flexibility index (Phi) is 10.9.